The molecule has 0 aliphatic heterocycles. The van der Waals surface area contributed by atoms with Crippen LogP contribution in [0, 0.1) is 16.7 Å². The van der Waals surface area contributed by atoms with Crippen LogP contribution in [0.2, 0.25) is 0 Å². The number of hydrogen-bond acceptors (Lipinski definition) is 22. The summed E-state index contributed by atoms with van der Waals surface area (Å²) in [5.74, 6) is -4.91. The molecular formula is C84H121Cl5O22S. The smallest absolute Gasteiger partial charge is 0.335 e. The second-order valence-corrected chi connectivity index (χ2v) is 33.7. The zero-order valence-electron chi connectivity index (χ0n) is 67.6. The Morgan fingerprint density at radius 3 is 1.36 bits per heavy atom. The molecule has 1 aromatic rings. The molecule has 5 fully saturated rings. The monoisotopic (exact) mass is 1690 g/mol. The second-order valence-electron chi connectivity index (χ2n) is 29.1. The zero-order chi connectivity index (χ0) is 85.3. The van der Waals surface area contributed by atoms with Crippen molar-refractivity contribution in [3.8, 4) is 0 Å². The Balaban J connectivity index is 0.000000645. The zero-order valence-corrected chi connectivity index (χ0v) is 72.2. The van der Waals surface area contributed by atoms with Gasteiger partial charge in [0.1, 0.15) is 11.7 Å². The molecular weight excluding hydrogens is 1570 g/mol. The fourth-order valence-electron chi connectivity index (χ4n) is 12.2. The molecule has 0 saturated heterocycles. The molecule has 1 aromatic carbocycles. The number of carbonyl (C=O) groups is 12. The van der Waals surface area contributed by atoms with Crippen LogP contribution in [0.5, 0.6) is 0 Å². The summed E-state index contributed by atoms with van der Waals surface area (Å²) in [6, 6.07) is 8.10. The maximum absolute atomic E-state index is 11.9. The van der Waals surface area contributed by atoms with Crippen LogP contribution in [-0.4, -0.2) is 162 Å². The van der Waals surface area contributed by atoms with Gasteiger partial charge in [-0.2, -0.15) is 8.42 Å². The summed E-state index contributed by atoms with van der Waals surface area (Å²) in [7, 11) is -3.60. The minimum atomic E-state index is -3.60. The van der Waals surface area contributed by atoms with Crippen molar-refractivity contribution in [2.75, 3.05) is 52.9 Å². The van der Waals surface area contributed by atoms with Crippen molar-refractivity contribution in [3.63, 3.8) is 0 Å². The predicted molar refractivity (Wildman–Crippen MR) is 435 cm³/mol. The van der Waals surface area contributed by atoms with Gasteiger partial charge in [0.25, 0.3) is 10.1 Å². The number of carbonyl (C=O) groups excluding carboxylic acids is 12. The molecule has 0 bridgehead atoms. The standard InChI is InChI=1S/C12H17ClO3.C12H18O3.3C11H15ClO3.C11H17ClO3.C11H14O3S.C5H10O/c1-2-16-10(15)12(13)8-11(6-7-11)5-3-4-9(12)14;1-2-15-11(14)9-8-12(6-7-12)5-3-4-10(9)13;3*1-3-15-10(14)11(12)7-8(2)5-4-6-9(11)13;1-4-15-11(14)10(12)9(13)7-5-6-8(2)3;1-10(2)8-9-14-15(12,13)11-6-4-3-5-7-11;1-5(2)3-4-6/h2-8H2,1H3;9H,2-8H2,1H3;2*5H,3-4,6-7H2,1-2H3;2-7H2,1H3;10H,2,4-7H2,1,3H3;3-7H,1,8-9H2,2H3;6H,1,3-4H2,2H3. The minimum Gasteiger partial charge on any atom is -0.465 e. The molecule has 22 nitrogen and oxygen atoms in total. The summed E-state index contributed by atoms with van der Waals surface area (Å²) in [4.78, 5) is 134. The molecule has 1 N–H and O–H groups in total. The van der Waals surface area contributed by atoms with E-state index in [4.69, 9.17) is 91.0 Å². The van der Waals surface area contributed by atoms with Gasteiger partial charge in [-0.3, -0.25) is 37.7 Å². The number of aliphatic hydroxyl groups excluding tert-OH is 1. The van der Waals surface area contributed by atoms with Gasteiger partial charge in [-0.15, -0.1) is 31.3 Å². The molecule has 0 aromatic heterocycles. The van der Waals surface area contributed by atoms with Crippen molar-refractivity contribution >= 4 is 139 Å². The second kappa shape index (κ2) is 51.7. The van der Waals surface area contributed by atoms with Crippen LogP contribution in [0.4, 0.5) is 0 Å². The maximum Gasteiger partial charge on any atom is 0.335 e. The molecule has 8 rings (SSSR count). The van der Waals surface area contributed by atoms with E-state index in [0.717, 1.165) is 97.6 Å². The number of Topliss-reactive ketones (excluding diaryl/α,β-unsaturated/α-hetero) is 6. The summed E-state index contributed by atoms with van der Waals surface area (Å²) in [5, 5.41) is 7.02. The van der Waals surface area contributed by atoms with Gasteiger partial charge in [0, 0.05) is 64.4 Å². The molecule has 7 aliphatic carbocycles. The first-order valence-electron chi connectivity index (χ1n) is 38.6. The van der Waals surface area contributed by atoms with E-state index in [2.05, 4.69) is 31.1 Å². The highest BCUT2D eigenvalue weighted by Crippen LogP contribution is 2.58. The lowest BCUT2D eigenvalue weighted by atomic mass is 9.89. The molecule has 7 aliphatic rings. The third-order valence-corrected chi connectivity index (χ3v) is 22.6. The lowest BCUT2D eigenvalue weighted by Gasteiger charge is -2.24. The molecule has 0 heterocycles. The van der Waals surface area contributed by atoms with Crippen molar-refractivity contribution in [2.45, 2.75) is 279 Å². The van der Waals surface area contributed by atoms with Gasteiger partial charge in [0.15, 0.2) is 39.2 Å². The van der Waals surface area contributed by atoms with Crippen molar-refractivity contribution in [3.05, 3.63) is 102 Å². The summed E-state index contributed by atoms with van der Waals surface area (Å²) in [5.41, 5.74) is 6.20. The molecule has 6 atom stereocenters. The van der Waals surface area contributed by atoms with E-state index in [0.29, 0.717) is 89.1 Å². The Kier molecular flexibility index (Phi) is 47.9. The van der Waals surface area contributed by atoms with Crippen molar-refractivity contribution < 1.29 is 104 Å². The average molecular weight is 1690 g/mol. The number of hydrogen-bond donors (Lipinski definition) is 1. The summed E-state index contributed by atoms with van der Waals surface area (Å²) < 4.78 is 57.0. The molecule has 112 heavy (non-hydrogen) atoms. The summed E-state index contributed by atoms with van der Waals surface area (Å²) in [6.07, 6.45) is 22.0. The largest absolute Gasteiger partial charge is 0.465 e. The quantitative estimate of drug-likeness (QED) is 0.0191. The Labute approximate surface area is 689 Å². The van der Waals surface area contributed by atoms with Crippen LogP contribution < -0.4 is 0 Å². The van der Waals surface area contributed by atoms with E-state index in [1.807, 2.05) is 46.8 Å². The first kappa shape index (κ1) is 104. The van der Waals surface area contributed by atoms with Gasteiger partial charge in [0.05, 0.1) is 51.1 Å². The predicted octanol–water partition coefficient (Wildman–Crippen LogP) is 17.0. The Bertz CT molecular complexity index is 3490. The average Bonchev–Trinajstić information content (AvgIpc) is 1.61. The number of halogens is 5. The first-order chi connectivity index (χ1) is 52.5. The number of ketones is 6. The van der Waals surface area contributed by atoms with E-state index >= 15 is 0 Å². The maximum atomic E-state index is 11.9. The summed E-state index contributed by atoms with van der Waals surface area (Å²) >= 11 is 30.1. The highest BCUT2D eigenvalue weighted by atomic mass is 35.5. The molecule has 6 unspecified atom stereocenters. The number of benzene rings is 1. The van der Waals surface area contributed by atoms with Gasteiger partial charge in [-0.05, 0) is 215 Å². The highest BCUT2D eigenvalue weighted by molar-refractivity contribution is 7.86. The number of allylic oxidation sites excluding steroid dienone is 6. The van der Waals surface area contributed by atoms with Crippen molar-refractivity contribution in [2.24, 2.45) is 16.7 Å². The van der Waals surface area contributed by atoms with Gasteiger partial charge >= 0.3 is 35.8 Å². The molecule has 5 saturated carbocycles. The Morgan fingerprint density at radius 1 is 0.518 bits per heavy atom. The van der Waals surface area contributed by atoms with E-state index in [1.54, 1.807) is 59.7 Å². The topological polar surface area (TPSA) is 324 Å². The number of alkyl halides is 5. The highest BCUT2D eigenvalue weighted by Gasteiger charge is 2.57. The van der Waals surface area contributed by atoms with Crippen LogP contribution >= 0.6 is 58.0 Å². The van der Waals surface area contributed by atoms with Gasteiger partial charge in [0.2, 0.25) is 14.6 Å². The van der Waals surface area contributed by atoms with Crippen LogP contribution in [0.1, 0.15) is 250 Å². The summed E-state index contributed by atoms with van der Waals surface area (Å²) in [6.45, 7) is 36.4. The number of esters is 6. The molecule has 2 spiro atoms. The number of aliphatic hydroxyl groups is 1. The van der Waals surface area contributed by atoms with Crippen LogP contribution in [0.15, 0.2) is 107 Å². The minimum absolute atomic E-state index is 0.0947. The molecule has 28 heteroatoms. The lowest BCUT2D eigenvalue weighted by Crippen LogP contribution is -2.43. The van der Waals surface area contributed by atoms with E-state index in [1.165, 1.54) is 25.0 Å². The Hall–Kier alpha value is -6.18. The molecule has 0 radical (unpaired) electrons. The van der Waals surface area contributed by atoms with Gasteiger partial charge in [-0.1, -0.05) is 117 Å². The fourth-order valence-corrected chi connectivity index (χ4v) is 14.8. The normalized spacial score (nSPS) is 22.8. The third-order valence-electron chi connectivity index (χ3n) is 18.9. The van der Waals surface area contributed by atoms with E-state index in [9.17, 15) is 66.0 Å². The fraction of sp³-hybridized carbons (Fsp3) is 0.643. The Morgan fingerprint density at radius 2 is 0.929 bits per heavy atom. The van der Waals surface area contributed by atoms with Gasteiger partial charge in [-0.25, -0.2) is 24.0 Å². The lowest BCUT2D eigenvalue weighted by molar-refractivity contribution is -0.153. The van der Waals surface area contributed by atoms with Crippen molar-refractivity contribution in [1.29, 1.82) is 0 Å². The van der Waals surface area contributed by atoms with Crippen molar-refractivity contribution in [1.82, 2.24) is 0 Å². The van der Waals surface area contributed by atoms with Gasteiger partial charge < -0.3 is 33.5 Å². The van der Waals surface area contributed by atoms with Crippen LogP contribution in [-0.2, 0) is 100 Å². The molecule has 0 amide bonds. The molecule has 630 valence electrons. The SMILES string of the molecule is C=C(C)CCCC(=O)C(Cl)C(=O)OCC.C=C(C)CCO.C=C(C)CCOS(=O)(=O)c1ccccc1.C=C1CCCC(=O)C(Cl)(C(=O)OCC)C1.CCOC(=O)C1(Cl)CC(C)=CCCC1=O.CCOC(=O)C1(Cl)CC(C)=CCCC1=O.CCOC(=O)C1(Cl)CC2(CCCC1=O)CC2.CCOC(=O)C1CC2(CCCC1=O)CC2. The van der Waals surface area contributed by atoms with E-state index in [-0.39, 0.29) is 116 Å². The number of rotatable bonds is 24. The first-order valence-corrected chi connectivity index (χ1v) is 41.9. The van der Waals surface area contributed by atoms with Crippen LogP contribution in [0.25, 0.3) is 0 Å². The van der Waals surface area contributed by atoms with E-state index < -0.39 is 70.8 Å². The third kappa shape index (κ3) is 36.3. The van der Waals surface area contributed by atoms with Crippen LogP contribution in [0.3, 0.4) is 0 Å². The number of ether oxygens (including phenoxy) is 6.